The predicted molar refractivity (Wildman–Crippen MR) is 81.5 cm³/mol. The van der Waals surface area contributed by atoms with Gasteiger partial charge in [-0.15, -0.1) is 0 Å². The Morgan fingerprint density at radius 3 is 2.90 bits per heavy atom. The summed E-state index contributed by atoms with van der Waals surface area (Å²) in [4.78, 5) is 8.74. The van der Waals surface area contributed by atoms with E-state index in [4.69, 9.17) is 4.74 Å². The monoisotopic (exact) mass is 283 g/mol. The smallest absolute Gasteiger partial charge is 0.168 e. The Labute approximate surface area is 122 Å². The number of hydrogen-bond donors (Lipinski definition) is 1. The summed E-state index contributed by atoms with van der Waals surface area (Å²) in [5, 5.41) is 10.4. The van der Waals surface area contributed by atoms with Crippen LogP contribution in [0.15, 0.2) is 36.7 Å². The first-order valence-electron chi connectivity index (χ1n) is 6.92. The zero-order chi connectivity index (χ0) is 14.8. The lowest BCUT2D eigenvalue weighted by atomic mass is 10.1. The van der Waals surface area contributed by atoms with E-state index in [9.17, 15) is 5.11 Å². The molecule has 0 spiro atoms. The predicted octanol–water partition coefficient (Wildman–Crippen LogP) is 3.22. The number of ether oxygens (including phenoxy) is 1. The number of pyridine rings is 1. The average Bonchev–Trinajstić information content (AvgIpc) is 2.87. The van der Waals surface area contributed by atoms with Crippen LogP contribution in [0.2, 0.25) is 0 Å². The number of methoxy groups -OCH3 is 1. The Balaban J connectivity index is 2.27. The maximum absolute atomic E-state index is 10.4. The molecule has 0 radical (unpaired) electrons. The van der Waals surface area contributed by atoms with Gasteiger partial charge in [0.2, 0.25) is 0 Å². The molecular formula is C16H17N3O2. The molecular weight excluding hydrogens is 266 g/mol. The van der Waals surface area contributed by atoms with Gasteiger partial charge >= 0.3 is 0 Å². The number of hydrogen-bond acceptors (Lipinski definition) is 4. The molecule has 2 heterocycles. The normalized spacial score (nSPS) is 11.0. The molecule has 1 aromatic carbocycles. The minimum absolute atomic E-state index is 0.112. The van der Waals surface area contributed by atoms with E-state index in [0.717, 1.165) is 29.8 Å². The summed E-state index contributed by atoms with van der Waals surface area (Å²) in [6.45, 7) is 2.94. The van der Waals surface area contributed by atoms with Crippen molar-refractivity contribution in [3.05, 3.63) is 36.7 Å². The first kappa shape index (κ1) is 13.4. The van der Waals surface area contributed by atoms with E-state index in [1.807, 2.05) is 18.2 Å². The largest absolute Gasteiger partial charge is 0.504 e. The summed E-state index contributed by atoms with van der Waals surface area (Å²) in [6.07, 6.45) is 4.47. The number of phenols is 1. The third-order valence-corrected chi connectivity index (χ3v) is 3.46. The molecule has 1 N–H and O–H groups in total. The van der Waals surface area contributed by atoms with Crippen LogP contribution in [0.25, 0.3) is 22.4 Å². The van der Waals surface area contributed by atoms with Gasteiger partial charge in [0.25, 0.3) is 0 Å². The molecule has 3 aromatic rings. The molecule has 0 amide bonds. The number of phenolic OH excluding ortho intramolecular Hbond substituents is 1. The highest BCUT2D eigenvalue weighted by molar-refractivity contribution is 5.81. The van der Waals surface area contributed by atoms with Crippen molar-refractivity contribution in [1.82, 2.24) is 14.5 Å². The van der Waals surface area contributed by atoms with Crippen LogP contribution in [0, 0.1) is 0 Å². The van der Waals surface area contributed by atoms with E-state index < -0.39 is 0 Å². The average molecular weight is 283 g/mol. The number of imidazole rings is 1. The maximum Gasteiger partial charge on any atom is 0.168 e. The van der Waals surface area contributed by atoms with Crippen molar-refractivity contribution in [2.75, 3.05) is 7.11 Å². The Bertz CT molecular complexity index is 780. The van der Waals surface area contributed by atoms with Crippen molar-refractivity contribution < 1.29 is 9.84 Å². The molecule has 5 heteroatoms. The molecule has 108 valence electrons. The summed E-state index contributed by atoms with van der Waals surface area (Å²) in [5.74, 6) is 1.29. The summed E-state index contributed by atoms with van der Waals surface area (Å²) in [5.41, 5.74) is 2.51. The SMILES string of the molecule is CCCn1c(-c2cccc(OC)c2O)nc2cnccc21. The van der Waals surface area contributed by atoms with Gasteiger partial charge in [0, 0.05) is 12.7 Å². The van der Waals surface area contributed by atoms with Gasteiger partial charge in [0.15, 0.2) is 11.5 Å². The Morgan fingerprint density at radius 1 is 1.29 bits per heavy atom. The van der Waals surface area contributed by atoms with Crippen LogP contribution in [0.5, 0.6) is 11.5 Å². The topological polar surface area (TPSA) is 60.2 Å². The van der Waals surface area contributed by atoms with Crippen molar-refractivity contribution in [2.45, 2.75) is 19.9 Å². The molecule has 0 saturated heterocycles. The Morgan fingerprint density at radius 2 is 2.14 bits per heavy atom. The lowest BCUT2D eigenvalue weighted by molar-refractivity contribution is 0.374. The second-order valence-corrected chi connectivity index (χ2v) is 4.81. The number of para-hydroxylation sites is 1. The molecule has 0 aliphatic rings. The van der Waals surface area contributed by atoms with E-state index in [-0.39, 0.29) is 5.75 Å². The Hall–Kier alpha value is -2.56. The number of fused-ring (bicyclic) bond motifs is 1. The van der Waals surface area contributed by atoms with Gasteiger partial charge in [-0.05, 0) is 24.6 Å². The van der Waals surface area contributed by atoms with Crippen molar-refractivity contribution in [3.8, 4) is 22.9 Å². The molecule has 0 aliphatic heterocycles. The van der Waals surface area contributed by atoms with Crippen molar-refractivity contribution in [1.29, 1.82) is 0 Å². The first-order valence-corrected chi connectivity index (χ1v) is 6.92. The fraction of sp³-hybridized carbons (Fsp3) is 0.250. The minimum atomic E-state index is 0.112. The van der Waals surface area contributed by atoms with Crippen LogP contribution >= 0.6 is 0 Å². The van der Waals surface area contributed by atoms with Crippen LogP contribution in [-0.2, 0) is 6.54 Å². The molecule has 2 aromatic heterocycles. The van der Waals surface area contributed by atoms with Crippen LogP contribution in [0.3, 0.4) is 0 Å². The Kier molecular flexibility index (Phi) is 3.48. The van der Waals surface area contributed by atoms with Gasteiger partial charge < -0.3 is 14.4 Å². The van der Waals surface area contributed by atoms with E-state index >= 15 is 0 Å². The highest BCUT2D eigenvalue weighted by Gasteiger charge is 2.17. The molecule has 0 saturated carbocycles. The number of aromatic hydroxyl groups is 1. The number of nitrogens with zero attached hydrogens (tertiary/aromatic N) is 3. The maximum atomic E-state index is 10.4. The van der Waals surface area contributed by atoms with E-state index in [1.165, 1.54) is 7.11 Å². The van der Waals surface area contributed by atoms with E-state index in [1.54, 1.807) is 18.5 Å². The second kappa shape index (κ2) is 5.44. The zero-order valence-electron chi connectivity index (χ0n) is 12.1. The first-order chi connectivity index (χ1) is 10.3. The standard InChI is InChI=1S/C16H17N3O2/c1-3-9-19-13-7-8-17-10-12(13)18-16(19)11-5-4-6-14(21-2)15(11)20/h4-8,10,20H,3,9H2,1-2H3. The lowest BCUT2D eigenvalue weighted by Crippen LogP contribution is -2.00. The molecule has 0 bridgehead atoms. The third kappa shape index (κ3) is 2.20. The van der Waals surface area contributed by atoms with Crippen molar-refractivity contribution in [2.24, 2.45) is 0 Å². The van der Waals surface area contributed by atoms with Crippen LogP contribution in [0.4, 0.5) is 0 Å². The van der Waals surface area contributed by atoms with Gasteiger partial charge in [-0.3, -0.25) is 4.98 Å². The summed E-state index contributed by atoms with van der Waals surface area (Å²) in [7, 11) is 1.54. The molecule has 3 rings (SSSR count). The van der Waals surface area contributed by atoms with Crippen LogP contribution in [0.1, 0.15) is 13.3 Å². The minimum Gasteiger partial charge on any atom is -0.504 e. The van der Waals surface area contributed by atoms with Gasteiger partial charge in [0.05, 0.1) is 24.4 Å². The summed E-state index contributed by atoms with van der Waals surface area (Å²) < 4.78 is 7.28. The van der Waals surface area contributed by atoms with E-state index in [0.29, 0.717) is 11.3 Å². The lowest BCUT2D eigenvalue weighted by Gasteiger charge is -2.11. The summed E-state index contributed by atoms with van der Waals surface area (Å²) >= 11 is 0. The number of rotatable bonds is 4. The quantitative estimate of drug-likeness (QED) is 0.798. The highest BCUT2D eigenvalue weighted by Crippen LogP contribution is 2.37. The fourth-order valence-electron chi connectivity index (χ4n) is 2.50. The van der Waals surface area contributed by atoms with E-state index in [2.05, 4.69) is 21.5 Å². The number of aromatic nitrogens is 3. The highest BCUT2D eigenvalue weighted by atomic mass is 16.5. The molecule has 0 aliphatic carbocycles. The molecule has 21 heavy (non-hydrogen) atoms. The zero-order valence-corrected chi connectivity index (χ0v) is 12.1. The van der Waals surface area contributed by atoms with Crippen LogP contribution < -0.4 is 4.74 Å². The van der Waals surface area contributed by atoms with Crippen LogP contribution in [-0.4, -0.2) is 26.8 Å². The fourth-order valence-corrected chi connectivity index (χ4v) is 2.50. The molecule has 0 unspecified atom stereocenters. The van der Waals surface area contributed by atoms with Crippen molar-refractivity contribution >= 4 is 11.0 Å². The molecule has 0 fully saturated rings. The van der Waals surface area contributed by atoms with Gasteiger partial charge in [-0.25, -0.2) is 4.98 Å². The van der Waals surface area contributed by atoms with Gasteiger partial charge in [-0.2, -0.15) is 0 Å². The van der Waals surface area contributed by atoms with Gasteiger partial charge in [-0.1, -0.05) is 13.0 Å². The van der Waals surface area contributed by atoms with Gasteiger partial charge in [0.1, 0.15) is 11.3 Å². The second-order valence-electron chi connectivity index (χ2n) is 4.81. The number of aryl methyl sites for hydroxylation is 1. The summed E-state index contributed by atoms with van der Waals surface area (Å²) in [6, 6.07) is 7.37. The number of benzene rings is 1. The molecule has 5 nitrogen and oxygen atoms in total. The third-order valence-electron chi connectivity index (χ3n) is 3.46. The van der Waals surface area contributed by atoms with Crippen molar-refractivity contribution in [3.63, 3.8) is 0 Å². The molecule has 0 atom stereocenters.